The molecule has 48 heavy (non-hydrogen) atoms. The first-order chi connectivity index (χ1) is 22.8. The van der Waals surface area contributed by atoms with Crippen LogP contribution >= 0.6 is 56.9 Å². The molecule has 268 valence electrons. The minimum atomic E-state index is 0.457. The van der Waals surface area contributed by atoms with Gasteiger partial charge in [0.2, 0.25) is 0 Å². The Labute approximate surface area is 330 Å². The van der Waals surface area contributed by atoms with Crippen LogP contribution in [0.3, 0.4) is 0 Å². The molecule has 4 aromatic rings. The number of aromatic nitrogens is 2. The summed E-state index contributed by atoms with van der Waals surface area (Å²) in [6.45, 7) is 21.8. The van der Waals surface area contributed by atoms with Gasteiger partial charge in [-0.05, 0) is 84.0 Å². The number of aliphatic imine (C=N–C) groups is 2. The van der Waals surface area contributed by atoms with E-state index in [0.717, 1.165) is 34.2 Å². The van der Waals surface area contributed by atoms with Crippen LogP contribution in [0.5, 0.6) is 0 Å². The van der Waals surface area contributed by atoms with Crippen LogP contribution in [0.25, 0.3) is 0 Å². The Morgan fingerprint density at radius 1 is 0.479 bits per heavy atom. The summed E-state index contributed by atoms with van der Waals surface area (Å²) in [5.41, 5.74) is 11.2. The molecule has 2 aromatic carbocycles. The quantitative estimate of drug-likeness (QED) is 0.130. The van der Waals surface area contributed by atoms with Gasteiger partial charge in [0.1, 0.15) is 0 Å². The molecule has 0 saturated heterocycles. The third-order valence-corrected chi connectivity index (χ3v) is 7.32. The number of rotatable bonds is 8. The summed E-state index contributed by atoms with van der Waals surface area (Å²) in [5, 5.41) is 0. The summed E-state index contributed by atoms with van der Waals surface area (Å²) in [4.78, 5) is 18.6. The second-order valence-corrected chi connectivity index (χ2v) is 22.1. The van der Waals surface area contributed by atoms with Crippen LogP contribution in [-0.4, -0.2) is 21.4 Å². The predicted octanol–water partition coefficient (Wildman–Crippen LogP) is 14.3. The second kappa shape index (κ2) is 25.0. The van der Waals surface area contributed by atoms with E-state index in [2.05, 4.69) is 159 Å². The van der Waals surface area contributed by atoms with Gasteiger partial charge in [-0.2, -0.15) is 0 Å². The SMILES string of the molecule is CC(=Nc1c(C(C)C)cccc1C(C)C)c1ccccn1.CC(=Nc1c(C(C)C)cccc1C(C)C)c1ccccn1.[Br][Ni][Br].[Br][Ni][Br]. The van der Waals surface area contributed by atoms with Gasteiger partial charge in [0.25, 0.3) is 0 Å². The topological polar surface area (TPSA) is 50.5 Å². The molecule has 0 atom stereocenters. The normalized spacial score (nSPS) is 11.6. The van der Waals surface area contributed by atoms with E-state index in [9.17, 15) is 0 Å². The van der Waals surface area contributed by atoms with Gasteiger partial charge in [-0.15, -0.1) is 0 Å². The second-order valence-electron chi connectivity index (χ2n) is 12.1. The van der Waals surface area contributed by atoms with Crippen LogP contribution < -0.4 is 0 Å². The molecule has 4 rings (SSSR count). The molecule has 0 saturated carbocycles. The van der Waals surface area contributed by atoms with Crippen molar-refractivity contribution >= 4 is 79.7 Å². The van der Waals surface area contributed by atoms with E-state index in [0.29, 0.717) is 23.7 Å². The van der Waals surface area contributed by atoms with Crippen LogP contribution in [0.2, 0.25) is 0 Å². The third-order valence-electron chi connectivity index (χ3n) is 7.32. The van der Waals surface area contributed by atoms with Gasteiger partial charge in [-0.3, -0.25) is 20.0 Å². The van der Waals surface area contributed by atoms with Crippen molar-refractivity contribution in [2.45, 2.75) is 92.9 Å². The molecule has 2 heterocycles. The van der Waals surface area contributed by atoms with Gasteiger partial charge in [0, 0.05) is 12.4 Å². The van der Waals surface area contributed by atoms with E-state index in [1.165, 1.54) is 44.0 Å². The summed E-state index contributed by atoms with van der Waals surface area (Å²) in [5.74, 6) is 1.83. The van der Waals surface area contributed by atoms with Crippen molar-refractivity contribution in [3.8, 4) is 0 Å². The fourth-order valence-electron chi connectivity index (χ4n) is 4.89. The molecule has 0 fully saturated rings. The standard InChI is InChI=1S/2C19H24N2.4BrH.2Ni/c2*1-13(2)16-9-8-10-17(14(3)4)19(16)21-15(5)18-11-6-7-12-20-18;;;;;;/h2*6-14H,1-5H3;4*1H;;/q;;;;;;2*+2/p-4. The van der Waals surface area contributed by atoms with E-state index in [1.807, 2.05) is 62.6 Å². The van der Waals surface area contributed by atoms with Crippen molar-refractivity contribution in [3.63, 3.8) is 0 Å². The fourth-order valence-corrected chi connectivity index (χ4v) is 4.89. The van der Waals surface area contributed by atoms with Gasteiger partial charge in [0.05, 0.1) is 34.2 Å². The maximum absolute atomic E-state index is 4.93. The van der Waals surface area contributed by atoms with Gasteiger partial charge in [0.15, 0.2) is 0 Å². The molecule has 0 unspecified atom stereocenters. The van der Waals surface area contributed by atoms with Crippen LogP contribution in [0.4, 0.5) is 11.4 Å². The summed E-state index contributed by atoms with van der Waals surface area (Å²) < 4.78 is 0. The van der Waals surface area contributed by atoms with Crippen LogP contribution in [0, 0.1) is 0 Å². The van der Waals surface area contributed by atoms with Crippen LogP contribution in [0.15, 0.2) is 95.2 Å². The number of pyridine rings is 2. The molecule has 0 bridgehead atoms. The average molecular weight is 998 g/mol. The maximum atomic E-state index is 4.93. The first-order valence-corrected chi connectivity index (χ1v) is 25.4. The Bertz CT molecular complexity index is 1380. The number of para-hydroxylation sites is 2. The summed E-state index contributed by atoms with van der Waals surface area (Å²) in [6.07, 6.45) is 3.62. The zero-order chi connectivity index (χ0) is 36.2. The molecule has 0 radical (unpaired) electrons. The molecule has 0 N–H and O–H groups in total. The Morgan fingerprint density at radius 2 is 0.750 bits per heavy atom. The van der Waals surface area contributed by atoms with Crippen LogP contribution in [-0.2, 0) is 21.8 Å². The van der Waals surface area contributed by atoms with Gasteiger partial charge in [-0.1, -0.05) is 104 Å². The molecule has 0 aliphatic carbocycles. The van der Waals surface area contributed by atoms with E-state index in [-0.39, 0.29) is 0 Å². The van der Waals surface area contributed by atoms with Crippen molar-refractivity contribution in [2.75, 3.05) is 0 Å². The van der Waals surface area contributed by atoms with Crippen molar-refractivity contribution in [1.82, 2.24) is 9.97 Å². The molecular formula is C38H48Br4N4Ni2. The van der Waals surface area contributed by atoms with E-state index in [4.69, 9.17) is 9.98 Å². The van der Waals surface area contributed by atoms with Crippen molar-refractivity contribution in [1.29, 1.82) is 0 Å². The summed E-state index contributed by atoms with van der Waals surface area (Å²) in [7, 11) is 2.50. The van der Waals surface area contributed by atoms with Crippen LogP contribution in [0.1, 0.15) is 127 Å². The first-order valence-electron chi connectivity index (χ1n) is 15.7. The molecule has 0 spiro atoms. The average Bonchev–Trinajstić information content (AvgIpc) is 3.06. The molecule has 2 aromatic heterocycles. The first kappa shape index (κ1) is 45.0. The zero-order valence-electron chi connectivity index (χ0n) is 29.3. The van der Waals surface area contributed by atoms with E-state index < -0.39 is 0 Å². The van der Waals surface area contributed by atoms with Gasteiger partial charge >= 0.3 is 78.7 Å². The molecule has 0 amide bonds. The van der Waals surface area contributed by atoms with Gasteiger partial charge in [-0.25, -0.2) is 0 Å². The summed E-state index contributed by atoms with van der Waals surface area (Å²) in [6, 6.07) is 24.9. The van der Waals surface area contributed by atoms with E-state index in [1.54, 1.807) is 0 Å². The molecule has 4 nitrogen and oxygen atoms in total. The number of nitrogens with zero attached hydrogens (tertiary/aromatic N) is 4. The van der Waals surface area contributed by atoms with Crippen molar-refractivity contribution in [2.24, 2.45) is 9.98 Å². The predicted molar refractivity (Wildman–Crippen MR) is 217 cm³/mol. The molecule has 0 aliphatic rings. The minimum absolute atomic E-state index is 0.457. The van der Waals surface area contributed by atoms with Crippen molar-refractivity contribution < 1.29 is 21.8 Å². The number of benzene rings is 2. The molecule has 10 heteroatoms. The van der Waals surface area contributed by atoms with Crippen molar-refractivity contribution in [3.05, 3.63) is 119 Å². The Hall–Kier alpha value is -1.01. The number of hydrogen-bond donors (Lipinski definition) is 0. The monoisotopic (exact) mass is 992 g/mol. The fraction of sp³-hybridized carbons (Fsp3) is 0.368. The number of halogens is 4. The number of hydrogen-bond acceptors (Lipinski definition) is 4. The molecular weight excluding hydrogens is 949 g/mol. The Morgan fingerprint density at radius 3 is 0.958 bits per heavy atom. The third kappa shape index (κ3) is 15.5. The Kier molecular flexibility index (Phi) is 23.5. The van der Waals surface area contributed by atoms with E-state index >= 15 is 0 Å². The van der Waals surface area contributed by atoms with Gasteiger partial charge < -0.3 is 0 Å². The zero-order valence-corrected chi connectivity index (χ0v) is 37.6. The molecule has 0 aliphatic heterocycles. The summed E-state index contributed by atoms with van der Waals surface area (Å²) >= 11 is 12.0. The Balaban J connectivity index is 0.000000412.